The lowest BCUT2D eigenvalue weighted by Gasteiger charge is -2.17. The van der Waals surface area contributed by atoms with Crippen LogP contribution in [0, 0.1) is 22.0 Å². The topological polar surface area (TPSA) is 44.5 Å². The van der Waals surface area contributed by atoms with Gasteiger partial charge in [0.15, 0.2) is 4.77 Å². The fourth-order valence-electron chi connectivity index (χ4n) is 2.80. The number of hydrogen-bond acceptors (Lipinski definition) is 2. The molecule has 4 heteroatoms. The van der Waals surface area contributed by atoms with Crippen LogP contribution >= 0.6 is 12.2 Å². The number of aromatic amines is 1. The van der Waals surface area contributed by atoms with Crippen molar-refractivity contribution in [2.75, 3.05) is 0 Å². The summed E-state index contributed by atoms with van der Waals surface area (Å²) in [6.45, 7) is 2.21. The van der Waals surface area contributed by atoms with Crippen LogP contribution in [-0.2, 0) is 0 Å². The molecule has 0 amide bonds. The Bertz CT molecular complexity index is 700. The van der Waals surface area contributed by atoms with Crippen LogP contribution in [0.4, 0.5) is 0 Å². The highest BCUT2D eigenvalue weighted by Gasteiger charge is 2.26. The number of fused-ring (bicyclic) bond motifs is 1. The molecule has 0 radical (unpaired) electrons. The largest absolute Gasteiger partial charge is 0.329 e. The molecule has 1 aliphatic rings. The number of H-pyrrole nitrogens is 1. The highest BCUT2D eigenvalue weighted by Crippen LogP contribution is 2.39. The molecule has 1 heterocycles. The molecule has 3 nitrogen and oxygen atoms in total. The van der Waals surface area contributed by atoms with E-state index in [1.54, 1.807) is 0 Å². The average molecular weight is 271 g/mol. The number of nitrogens with zero attached hydrogens (tertiary/aromatic N) is 2. The predicted molar refractivity (Wildman–Crippen MR) is 78.5 cm³/mol. The third-order valence-corrected chi connectivity index (χ3v) is 4.31. The van der Waals surface area contributed by atoms with Gasteiger partial charge in [0.1, 0.15) is 6.07 Å². The van der Waals surface area contributed by atoms with Crippen molar-refractivity contribution in [3.8, 4) is 6.07 Å². The second-order valence-corrected chi connectivity index (χ2v) is 5.74. The van der Waals surface area contributed by atoms with Crippen LogP contribution in [0.2, 0.25) is 0 Å². The lowest BCUT2D eigenvalue weighted by molar-refractivity contribution is 0.434. The predicted octanol–water partition coefficient (Wildman–Crippen LogP) is 4.32. The Morgan fingerprint density at radius 3 is 2.95 bits per heavy atom. The summed E-state index contributed by atoms with van der Waals surface area (Å²) >= 11 is 5.47. The van der Waals surface area contributed by atoms with Crippen LogP contribution in [0.3, 0.4) is 0 Å². The first-order valence-electron chi connectivity index (χ1n) is 6.88. The molecule has 0 aliphatic heterocycles. The smallest absolute Gasteiger partial charge is 0.178 e. The van der Waals surface area contributed by atoms with Crippen molar-refractivity contribution in [1.29, 1.82) is 5.26 Å². The lowest BCUT2D eigenvalue weighted by Crippen LogP contribution is -2.09. The van der Waals surface area contributed by atoms with Gasteiger partial charge in [-0.05, 0) is 43.1 Å². The Morgan fingerprint density at radius 1 is 1.53 bits per heavy atom. The SMILES string of the molecule is CCC(CC1CC1)n1c(=S)[nH]c2c(C#N)cccc21. The zero-order valence-corrected chi connectivity index (χ0v) is 11.8. The van der Waals surface area contributed by atoms with E-state index in [0.29, 0.717) is 11.6 Å². The van der Waals surface area contributed by atoms with E-state index >= 15 is 0 Å². The molecule has 2 aromatic rings. The van der Waals surface area contributed by atoms with Gasteiger partial charge in [-0.1, -0.05) is 25.8 Å². The minimum absolute atomic E-state index is 0.447. The van der Waals surface area contributed by atoms with Crippen molar-refractivity contribution in [1.82, 2.24) is 9.55 Å². The number of aromatic nitrogens is 2. The minimum atomic E-state index is 0.447. The van der Waals surface area contributed by atoms with Gasteiger partial charge < -0.3 is 9.55 Å². The summed E-state index contributed by atoms with van der Waals surface area (Å²) in [6.07, 6.45) is 4.99. The molecule has 1 aliphatic carbocycles. The van der Waals surface area contributed by atoms with Gasteiger partial charge in [0, 0.05) is 6.04 Å². The molecular weight excluding hydrogens is 254 g/mol. The molecule has 0 saturated heterocycles. The van der Waals surface area contributed by atoms with E-state index in [9.17, 15) is 5.26 Å². The molecular formula is C15H17N3S. The first-order valence-corrected chi connectivity index (χ1v) is 7.28. The summed E-state index contributed by atoms with van der Waals surface area (Å²) in [4.78, 5) is 3.21. The quantitative estimate of drug-likeness (QED) is 0.841. The van der Waals surface area contributed by atoms with Gasteiger partial charge in [0.25, 0.3) is 0 Å². The van der Waals surface area contributed by atoms with Crippen molar-refractivity contribution in [3.63, 3.8) is 0 Å². The Hall–Kier alpha value is -1.60. The van der Waals surface area contributed by atoms with Gasteiger partial charge in [0.2, 0.25) is 0 Å². The second kappa shape index (κ2) is 4.82. The van der Waals surface area contributed by atoms with Gasteiger partial charge >= 0.3 is 0 Å². The Labute approximate surface area is 117 Å². The molecule has 1 fully saturated rings. The zero-order chi connectivity index (χ0) is 13.4. The van der Waals surface area contributed by atoms with E-state index in [0.717, 1.165) is 28.1 Å². The molecule has 1 atom stereocenters. The van der Waals surface area contributed by atoms with Gasteiger partial charge in [-0.15, -0.1) is 0 Å². The number of para-hydroxylation sites is 1. The molecule has 3 rings (SSSR count). The first-order chi connectivity index (χ1) is 9.24. The molecule has 1 aromatic heterocycles. The maximum Gasteiger partial charge on any atom is 0.178 e. The van der Waals surface area contributed by atoms with Gasteiger partial charge in [-0.2, -0.15) is 5.26 Å². The third kappa shape index (κ3) is 2.19. The molecule has 19 heavy (non-hydrogen) atoms. The maximum atomic E-state index is 9.17. The van der Waals surface area contributed by atoms with Crippen LogP contribution in [0.1, 0.15) is 44.2 Å². The van der Waals surface area contributed by atoms with Gasteiger partial charge in [-0.25, -0.2) is 0 Å². The molecule has 1 N–H and O–H groups in total. The van der Waals surface area contributed by atoms with Crippen LogP contribution in [0.25, 0.3) is 11.0 Å². The highest BCUT2D eigenvalue weighted by atomic mass is 32.1. The summed E-state index contributed by atoms with van der Waals surface area (Å²) in [5.41, 5.74) is 2.62. The minimum Gasteiger partial charge on any atom is -0.329 e. The zero-order valence-electron chi connectivity index (χ0n) is 11.0. The average Bonchev–Trinajstić information content (AvgIpc) is 3.17. The van der Waals surface area contributed by atoms with Crippen LogP contribution < -0.4 is 0 Å². The van der Waals surface area contributed by atoms with Crippen LogP contribution in [-0.4, -0.2) is 9.55 Å². The molecule has 1 saturated carbocycles. The first kappa shape index (κ1) is 12.4. The van der Waals surface area contributed by atoms with Gasteiger partial charge in [0.05, 0.1) is 16.6 Å². The van der Waals surface area contributed by atoms with Crippen molar-refractivity contribution >= 4 is 23.3 Å². The van der Waals surface area contributed by atoms with E-state index in [4.69, 9.17) is 12.2 Å². The number of hydrogen-bond donors (Lipinski definition) is 1. The Kier molecular flexibility index (Phi) is 3.16. The number of imidazole rings is 1. The number of rotatable bonds is 4. The Balaban J connectivity index is 2.14. The molecule has 0 bridgehead atoms. The lowest BCUT2D eigenvalue weighted by atomic mass is 10.1. The van der Waals surface area contributed by atoms with E-state index in [-0.39, 0.29) is 0 Å². The monoisotopic (exact) mass is 271 g/mol. The van der Waals surface area contributed by atoms with E-state index < -0.39 is 0 Å². The summed E-state index contributed by atoms with van der Waals surface area (Å²) in [5, 5.41) is 9.17. The van der Waals surface area contributed by atoms with E-state index in [2.05, 4.69) is 28.6 Å². The number of nitriles is 1. The van der Waals surface area contributed by atoms with Crippen LogP contribution in [0.15, 0.2) is 18.2 Å². The van der Waals surface area contributed by atoms with Crippen molar-refractivity contribution in [2.24, 2.45) is 5.92 Å². The van der Waals surface area contributed by atoms with Crippen LogP contribution in [0.5, 0.6) is 0 Å². The van der Waals surface area contributed by atoms with Crippen molar-refractivity contribution in [3.05, 3.63) is 28.5 Å². The second-order valence-electron chi connectivity index (χ2n) is 5.35. The van der Waals surface area contributed by atoms with Crippen molar-refractivity contribution in [2.45, 2.75) is 38.6 Å². The third-order valence-electron chi connectivity index (χ3n) is 4.01. The van der Waals surface area contributed by atoms with E-state index in [1.807, 2.05) is 12.1 Å². The number of benzene rings is 1. The normalized spacial score (nSPS) is 16.4. The van der Waals surface area contributed by atoms with E-state index in [1.165, 1.54) is 19.3 Å². The Morgan fingerprint density at radius 2 is 2.32 bits per heavy atom. The highest BCUT2D eigenvalue weighted by molar-refractivity contribution is 7.71. The summed E-state index contributed by atoms with van der Waals surface area (Å²) < 4.78 is 2.95. The fourth-order valence-corrected chi connectivity index (χ4v) is 3.15. The summed E-state index contributed by atoms with van der Waals surface area (Å²) in [6, 6.07) is 8.50. The number of nitrogens with one attached hydrogen (secondary N) is 1. The summed E-state index contributed by atoms with van der Waals surface area (Å²) in [5.74, 6) is 0.871. The fraction of sp³-hybridized carbons (Fsp3) is 0.467. The maximum absolute atomic E-state index is 9.17. The molecule has 98 valence electrons. The molecule has 1 unspecified atom stereocenters. The summed E-state index contributed by atoms with van der Waals surface area (Å²) in [7, 11) is 0. The standard InChI is InChI=1S/C15H17N3S/c1-2-12(8-10-6-7-10)18-13-5-3-4-11(9-16)14(13)17-15(18)19/h3-5,10,12H,2,6-8H2,1H3,(H,17,19). The van der Waals surface area contributed by atoms with Gasteiger partial charge in [-0.3, -0.25) is 0 Å². The molecule has 1 aromatic carbocycles. The van der Waals surface area contributed by atoms with Crippen molar-refractivity contribution < 1.29 is 0 Å². The molecule has 0 spiro atoms.